The molecule has 0 saturated heterocycles. The zero-order valence-electron chi connectivity index (χ0n) is 12.1. The molecule has 0 aliphatic heterocycles. The number of rotatable bonds is 2. The maximum Gasteiger partial charge on any atom is 0.131 e. The molecule has 0 aliphatic rings. The van der Waals surface area contributed by atoms with Crippen LogP contribution in [0.25, 0.3) is 10.9 Å². The molecule has 0 unspecified atom stereocenters. The molecule has 1 heterocycles. The van der Waals surface area contributed by atoms with E-state index in [2.05, 4.69) is 67.5 Å². The molecular formula is C18H18N2. The summed E-state index contributed by atoms with van der Waals surface area (Å²) in [6.07, 6.45) is 0. The van der Waals surface area contributed by atoms with Crippen LogP contribution < -0.4 is 5.32 Å². The maximum atomic E-state index is 4.68. The van der Waals surface area contributed by atoms with Gasteiger partial charge in [-0.2, -0.15) is 0 Å². The zero-order chi connectivity index (χ0) is 14.1. The Bertz CT molecular complexity index is 775. The second-order valence-electron chi connectivity index (χ2n) is 5.28. The Hall–Kier alpha value is -2.35. The van der Waals surface area contributed by atoms with Gasteiger partial charge in [-0.05, 0) is 50.1 Å². The van der Waals surface area contributed by atoms with Crippen molar-refractivity contribution in [1.29, 1.82) is 0 Å². The van der Waals surface area contributed by atoms with Crippen LogP contribution in [-0.4, -0.2) is 4.98 Å². The van der Waals surface area contributed by atoms with Gasteiger partial charge in [0.1, 0.15) is 5.82 Å². The smallest absolute Gasteiger partial charge is 0.131 e. The minimum atomic E-state index is 0.896. The monoisotopic (exact) mass is 262 g/mol. The molecule has 100 valence electrons. The Labute approximate surface area is 119 Å². The van der Waals surface area contributed by atoms with E-state index in [1.165, 1.54) is 22.1 Å². The van der Waals surface area contributed by atoms with Crippen LogP contribution in [0.2, 0.25) is 0 Å². The normalized spacial score (nSPS) is 10.8. The first-order valence-electron chi connectivity index (χ1n) is 6.84. The van der Waals surface area contributed by atoms with Crippen LogP contribution in [0, 0.1) is 20.8 Å². The Morgan fingerprint density at radius 2 is 1.65 bits per heavy atom. The van der Waals surface area contributed by atoms with Gasteiger partial charge in [-0.1, -0.05) is 35.9 Å². The maximum absolute atomic E-state index is 4.68. The van der Waals surface area contributed by atoms with Crippen LogP contribution in [0.1, 0.15) is 16.7 Å². The third kappa shape index (κ3) is 2.37. The second kappa shape index (κ2) is 4.97. The van der Waals surface area contributed by atoms with E-state index in [0.717, 1.165) is 17.0 Å². The Kier molecular flexibility index (Phi) is 3.15. The van der Waals surface area contributed by atoms with Crippen molar-refractivity contribution in [2.45, 2.75) is 20.8 Å². The van der Waals surface area contributed by atoms with Crippen molar-refractivity contribution < 1.29 is 0 Å². The fourth-order valence-electron chi connectivity index (χ4n) is 2.51. The van der Waals surface area contributed by atoms with Crippen molar-refractivity contribution in [3.63, 3.8) is 0 Å². The molecule has 20 heavy (non-hydrogen) atoms. The number of benzene rings is 2. The van der Waals surface area contributed by atoms with E-state index in [1.54, 1.807) is 0 Å². The number of hydrogen-bond donors (Lipinski definition) is 1. The molecule has 0 atom stereocenters. The lowest BCUT2D eigenvalue weighted by atomic mass is 10.1. The Morgan fingerprint density at radius 1 is 0.850 bits per heavy atom. The number of aromatic nitrogens is 1. The molecule has 3 aromatic rings. The lowest BCUT2D eigenvalue weighted by Gasteiger charge is -2.11. The summed E-state index contributed by atoms with van der Waals surface area (Å²) >= 11 is 0. The lowest BCUT2D eigenvalue weighted by molar-refractivity contribution is 1.31. The average Bonchev–Trinajstić information content (AvgIpc) is 2.42. The van der Waals surface area contributed by atoms with Gasteiger partial charge in [-0.15, -0.1) is 0 Å². The topological polar surface area (TPSA) is 24.9 Å². The van der Waals surface area contributed by atoms with Gasteiger partial charge >= 0.3 is 0 Å². The molecule has 0 amide bonds. The summed E-state index contributed by atoms with van der Waals surface area (Å²) < 4.78 is 0. The number of pyridine rings is 1. The predicted molar refractivity (Wildman–Crippen MR) is 85.7 cm³/mol. The first-order valence-corrected chi connectivity index (χ1v) is 6.84. The Morgan fingerprint density at radius 3 is 2.45 bits per heavy atom. The highest BCUT2D eigenvalue weighted by atomic mass is 15.0. The molecule has 2 heteroatoms. The van der Waals surface area contributed by atoms with Gasteiger partial charge in [0.15, 0.2) is 0 Å². The predicted octanol–water partition coefficient (Wildman–Crippen LogP) is 4.90. The van der Waals surface area contributed by atoms with Gasteiger partial charge in [0, 0.05) is 11.1 Å². The van der Waals surface area contributed by atoms with Gasteiger partial charge in [-0.3, -0.25) is 0 Å². The lowest BCUT2D eigenvalue weighted by Crippen LogP contribution is -1.97. The summed E-state index contributed by atoms with van der Waals surface area (Å²) in [6.45, 7) is 6.34. The molecule has 0 radical (unpaired) electrons. The SMILES string of the molecule is Cc1ccc(Nc2cc(C)c3ccccc3n2)c(C)c1. The highest BCUT2D eigenvalue weighted by Gasteiger charge is 2.04. The van der Waals surface area contributed by atoms with E-state index in [9.17, 15) is 0 Å². The van der Waals surface area contributed by atoms with E-state index in [4.69, 9.17) is 0 Å². The zero-order valence-corrected chi connectivity index (χ0v) is 12.1. The molecule has 2 nitrogen and oxygen atoms in total. The number of hydrogen-bond acceptors (Lipinski definition) is 2. The molecule has 1 aromatic heterocycles. The minimum Gasteiger partial charge on any atom is -0.340 e. The molecule has 3 rings (SSSR count). The quantitative estimate of drug-likeness (QED) is 0.710. The number of anilines is 2. The van der Waals surface area contributed by atoms with Crippen molar-refractivity contribution in [3.8, 4) is 0 Å². The fourth-order valence-corrected chi connectivity index (χ4v) is 2.51. The molecule has 0 saturated carbocycles. The van der Waals surface area contributed by atoms with Crippen molar-refractivity contribution >= 4 is 22.4 Å². The second-order valence-corrected chi connectivity index (χ2v) is 5.28. The van der Waals surface area contributed by atoms with E-state index < -0.39 is 0 Å². The van der Waals surface area contributed by atoms with Crippen LogP contribution in [0.5, 0.6) is 0 Å². The molecule has 2 aromatic carbocycles. The largest absolute Gasteiger partial charge is 0.340 e. The number of aryl methyl sites for hydroxylation is 3. The molecule has 0 aliphatic carbocycles. The average molecular weight is 262 g/mol. The van der Waals surface area contributed by atoms with Gasteiger partial charge < -0.3 is 5.32 Å². The summed E-state index contributed by atoms with van der Waals surface area (Å²) in [5, 5.41) is 4.63. The number of nitrogens with one attached hydrogen (secondary N) is 1. The highest BCUT2D eigenvalue weighted by molar-refractivity contribution is 5.84. The third-order valence-corrected chi connectivity index (χ3v) is 3.57. The van der Waals surface area contributed by atoms with Crippen LogP contribution >= 0.6 is 0 Å². The van der Waals surface area contributed by atoms with E-state index >= 15 is 0 Å². The summed E-state index contributed by atoms with van der Waals surface area (Å²) in [6, 6.07) is 16.7. The summed E-state index contributed by atoms with van der Waals surface area (Å²) in [5.41, 5.74) is 5.88. The fraction of sp³-hybridized carbons (Fsp3) is 0.167. The van der Waals surface area contributed by atoms with Crippen LogP contribution in [0.15, 0.2) is 48.5 Å². The molecule has 0 fully saturated rings. The Balaban J connectivity index is 2.02. The van der Waals surface area contributed by atoms with Crippen molar-refractivity contribution in [2.24, 2.45) is 0 Å². The van der Waals surface area contributed by atoms with Crippen LogP contribution in [-0.2, 0) is 0 Å². The summed E-state index contributed by atoms with van der Waals surface area (Å²) in [7, 11) is 0. The first kappa shape index (κ1) is 12.7. The molecular weight excluding hydrogens is 244 g/mol. The highest BCUT2D eigenvalue weighted by Crippen LogP contribution is 2.24. The molecule has 0 bridgehead atoms. The molecule has 1 N–H and O–H groups in total. The minimum absolute atomic E-state index is 0.896. The van der Waals surface area contributed by atoms with E-state index in [0.29, 0.717) is 0 Å². The number of fused-ring (bicyclic) bond motifs is 1. The third-order valence-electron chi connectivity index (χ3n) is 3.57. The number of para-hydroxylation sites is 1. The van der Waals surface area contributed by atoms with E-state index in [1.807, 2.05) is 12.1 Å². The van der Waals surface area contributed by atoms with Gasteiger partial charge in [0.25, 0.3) is 0 Å². The summed E-state index contributed by atoms with van der Waals surface area (Å²) in [5.74, 6) is 0.896. The van der Waals surface area contributed by atoms with E-state index in [-0.39, 0.29) is 0 Å². The number of nitrogens with zero attached hydrogens (tertiary/aromatic N) is 1. The summed E-state index contributed by atoms with van der Waals surface area (Å²) in [4.78, 5) is 4.68. The van der Waals surface area contributed by atoms with Gasteiger partial charge in [0.2, 0.25) is 0 Å². The first-order chi connectivity index (χ1) is 9.63. The van der Waals surface area contributed by atoms with Crippen LogP contribution in [0.3, 0.4) is 0 Å². The molecule has 0 spiro atoms. The van der Waals surface area contributed by atoms with Crippen molar-refractivity contribution in [1.82, 2.24) is 4.98 Å². The van der Waals surface area contributed by atoms with Crippen molar-refractivity contribution in [2.75, 3.05) is 5.32 Å². The van der Waals surface area contributed by atoms with Crippen molar-refractivity contribution in [3.05, 3.63) is 65.2 Å². The standard InChI is InChI=1S/C18H18N2/c1-12-8-9-16(14(3)10-12)19-18-11-13(2)15-6-4-5-7-17(15)20-18/h4-11H,1-3H3,(H,19,20). The van der Waals surface area contributed by atoms with Gasteiger partial charge in [0.05, 0.1) is 5.52 Å². The van der Waals surface area contributed by atoms with Crippen LogP contribution in [0.4, 0.5) is 11.5 Å². The van der Waals surface area contributed by atoms with Gasteiger partial charge in [-0.25, -0.2) is 4.98 Å².